The SMILES string of the molecule is COC(C)CNC(=O)N1CC(C)(OCC(=O)O)C1. The van der Waals surface area contributed by atoms with Crippen molar-refractivity contribution >= 4 is 12.0 Å². The monoisotopic (exact) mass is 260 g/mol. The highest BCUT2D eigenvalue weighted by atomic mass is 16.5. The highest BCUT2D eigenvalue weighted by Gasteiger charge is 2.42. The number of rotatable bonds is 6. The molecule has 1 fully saturated rings. The average Bonchev–Trinajstić information content (AvgIpc) is 2.29. The van der Waals surface area contributed by atoms with Gasteiger partial charge in [0, 0.05) is 13.7 Å². The van der Waals surface area contributed by atoms with Gasteiger partial charge in [0.2, 0.25) is 0 Å². The molecule has 1 aliphatic rings. The Labute approximate surface area is 106 Å². The molecule has 0 aliphatic carbocycles. The molecule has 18 heavy (non-hydrogen) atoms. The van der Waals surface area contributed by atoms with Gasteiger partial charge in [-0.3, -0.25) is 0 Å². The molecule has 1 atom stereocenters. The summed E-state index contributed by atoms with van der Waals surface area (Å²) in [6.07, 6.45) is -0.0372. The smallest absolute Gasteiger partial charge is 0.329 e. The van der Waals surface area contributed by atoms with Crippen molar-refractivity contribution in [1.82, 2.24) is 10.2 Å². The Hall–Kier alpha value is -1.34. The van der Waals surface area contributed by atoms with Crippen LogP contribution in [0.25, 0.3) is 0 Å². The highest BCUT2D eigenvalue weighted by molar-refractivity contribution is 5.75. The molecule has 1 rings (SSSR count). The third kappa shape index (κ3) is 4.15. The van der Waals surface area contributed by atoms with Gasteiger partial charge in [-0.05, 0) is 13.8 Å². The summed E-state index contributed by atoms with van der Waals surface area (Å²) in [4.78, 5) is 23.6. The van der Waals surface area contributed by atoms with Crippen LogP contribution in [0.3, 0.4) is 0 Å². The molecule has 1 aliphatic heterocycles. The Bertz CT molecular complexity index is 315. The number of carbonyl (C=O) groups is 2. The van der Waals surface area contributed by atoms with Gasteiger partial charge in [-0.2, -0.15) is 0 Å². The van der Waals surface area contributed by atoms with Gasteiger partial charge in [-0.25, -0.2) is 9.59 Å². The van der Waals surface area contributed by atoms with E-state index in [4.69, 9.17) is 14.6 Å². The number of likely N-dealkylation sites (tertiary alicyclic amines) is 1. The minimum atomic E-state index is -1.01. The fourth-order valence-corrected chi connectivity index (χ4v) is 1.66. The van der Waals surface area contributed by atoms with Crippen LogP contribution in [0, 0.1) is 0 Å². The summed E-state index contributed by atoms with van der Waals surface area (Å²) in [5.41, 5.74) is -0.553. The number of methoxy groups -OCH3 is 1. The van der Waals surface area contributed by atoms with Crippen LogP contribution in [0.4, 0.5) is 4.79 Å². The number of carbonyl (C=O) groups excluding carboxylic acids is 1. The first-order chi connectivity index (χ1) is 8.36. The van der Waals surface area contributed by atoms with E-state index >= 15 is 0 Å². The lowest BCUT2D eigenvalue weighted by atomic mass is 9.97. The number of carboxylic acids is 1. The molecule has 1 heterocycles. The van der Waals surface area contributed by atoms with Crippen LogP contribution in [0.2, 0.25) is 0 Å². The van der Waals surface area contributed by atoms with Crippen LogP contribution in [-0.2, 0) is 14.3 Å². The second-order valence-corrected chi connectivity index (χ2v) is 4.72. The lowest BCUT2D eigenvalue weighted by Gasteiger charge is -2.47. The van der Waals surface area contributed by atoms with Gasteiger partial charge in [-0.1, -0.05) is 0 Å². The van der Waals surface area contributed by atoms with Gasteiger partial charge in [0.1, 0.15) is 12.2 Å². The minimum Gasteiger partial charge on any atom is -0.480 e. The van der Waals surface area contributed by atoms with Crippen molar-refractivity contribution in [3.05, 3.63) is 0 Å². The molecule has 7 nitrogen and oxygen atoms in total. The number of aliphatic carboxylic acids is 1. The van der Waals surface area contributed by atoms with E-state index in [1.54, 1.807) is 18.9 Å². The lowest BCUT2D eigenvalue weighted by molar-refractivity contribution is -0.159. The Balaban J connectivity index is 2.24. The van der Waals surface area contributed by atoms with Crippen molar-refractivity contribution in [2.45, 2.75) is 25.6 Å². The average molecular weight is 260 g/mol. The number of hydrogen-bond donors (Lipinski definition) is 2. The van der Waals surface area contributed by atoms with Crippen molar-refractivity contribution in [3.8, 4) is 0 Å². The molecule has 0 bridgehead atoms. The first-order valence-electron chi connectivity index (χ1n) is 5.77. The number of amides is 2. The molecule has 104 valence electrons. The zero-order valence-corrected chi connectivity index (χ0v) is 10.9. The van der Waals surface area contributed by atoms with Crippen molar-refractivity contribution in [3.63, 3.8) is 0 Å². The van der Waals surface area contributed by atoms with E-state index in [1.807, 2.05) is 6.92 Å². The van der Waals surface area contributed by atoms with Gasteiger partial charge < -0.3 is 24.8 Å². The van der Waals surface area contributed by atoms with Crippen LogP contribution in [0.5, 0.6) is 0 Å². The summed E-state index contributed by atoms with van der Waals surface area (Å²) in [7, 11) is 1.58. The third-order valence-corrected chi connectivity index (χ3v) is 2.83. The van der Waals surface area contributed by atoms with Crippen molar-refractivity contribution in [2.75, 3.05) is 33.4 Å². The Morgan fingerprint density at radius 1 is 1.50 bits per heavy atom. The van der Waals surface area contributed by atoms with E-state index in [2.05, 4.69) is 5.32 Å². The van der Waals surface area contributed by atoms with Gasteiger partial charge in [0.05, 0.1) is 19.2 Å². The standard InChI is InChI=1S/C11H20N2O5/c1-8(17-3)4-12-10(16)13-6-11(2,7-13)18-5-9(14)15/h8H,4-7H2,1-3H3,(H,12,16)(H,14,15). The second kappa shape index (κ2) is 6.01. The molecule has 1 saturated heterocycles. The largest absolute Gasteiger partial charge is 0.480 e. The fraction of sp³-hybridized carbons (Fsp3) is 0.818. The Morgan fingerprint density at radius 2 is 2.11 bits per heavy atom. The molecule has 1 unspecified atom stereocenters. The van der Waals surface area contributed by atoms with E-state index < -0.39 is 11.6 Å². The highest BCUT2D eigenvalue weighted by Crippen LogP contribution is 2.24. The number of urea groups is 1. The fourth-order valence-electron chi connectivity index (χ4n) is 1.66. The van der Waals surface area contributed by atoms with Gasteiger partial charge >= 0.3 is 12.0 Å². The summed E-state index contributed by atoms with van der Waals surface area (Å²) in [6, 6.07) is -0.185. The number of nitrogens with one attached hydrogen (secondary N) is 1. The lowest BCUT2D eigenvalue weighted by Crippen LogP contribution is -2.65. The van der Waals surface area contributed by atoms with E-state index in [9.17, 15) is 9.59 Å². The third-order valence-electron chi connectivity index (χ3n) is 2.83. The zero-order valence-electron chi connectivity index (χ0n) is 10.9. The summed E-state index contributed by atoms with van der Waals surface area (Å²) in [6.45, 7) is 4.54. The van der Waals surface area contributed by atoms with Gasteiger partial charge in [0.25, 0.3) is 0 Å². The van der Waals surface area contributed by atoms with E-state index in [-0.39, 0.29) is 18.7 Å². The maximum Gasteiger partial charge on any atom is 0.329 e. The van der Waals surface area contributed by atoms with E-state index in [0.717, 1.165) is 0 Å². The Morgan fingerprint density at radius 3 is 2.61 bits per heavy atom. The zero-order chi connectivity index (χ0) is 13.8. The van der Waals surface area contributed by atoms with Gasteiger partial charge in [-0.15, -0.1) is 0 Å². The van der Waals surface area contributed by atoms with Crippen molar-refractivity contribution in [2.24, 2.45) is 0 Å². The second-order valence-electron chi connectivity index (χ2n) is 4.72. The quantitative estimate of drug-likeness (QED) is 0.696. The summed E-state index contributed by atoms with van der Waals surface area (Å²) in [5, 5.41) is 11.2. The molecule has 0 aromatic heterocycles. The minimum absolute atomic E-state index is 0.0372. The molecule has 0 aromatic rings. The number of nitrogens with zero attached hydrogens (tertiary/aromatic N) is 1. The maximum absolute atomic E-state index is 11.7. The summed E-state index contributed by atoms with van der Waals surface area (Å²) >= 11 is 0. The summed E-state index contributed by atoms with van der Waals surface area (Å²) in [5.74, 6) is -1.01. The number of carboxylic acid groups (broad SMARTS) is 1. The van der Waals surface area contributed by atoms with Crippen molar-refractivity contribution in [1.29, 1.82) is 0 Å². The normalized spacial score (nSPS) is 18.9. The van der Waals surface area contributed by atoms with Crippen LogP contribution < -0.4 is 5.32 Å². The number of ether oxygens (including phenoxy) is 2. The van der Waals surface area contributed by atoms with Crippen LogP contribution in [-0.4, -0.2) is 67.1 Å². The molecular formula is C11H20N2O5. The molecular weight excluding hydrogens is 240 g/mol. The van der Waals surface area contributed by atoms with Crippen LogP contribution in [0.1, 0.15) is 13.8 Å². The molecule has 0 spiro atoms. The molecule has 0 aromatic carbocycles. The van der Waals surface area contributed by atoms with E-state index in [0.29, 0.717) is 19.6 Å². The predicted molar refractivity (Wildman–Crippen MR) is 63.4 cm³/mol. The first kappa shape index (κ1) is 14.7. The van der Waals surface area contributed by atoms with Crippen LogP contribution >= 0.6 is 0 Å². The first-order valence-corrected chi connectivity index (χ1v) is 5.77. The van der Waals surface area contributed by atoms with Crippen molar-refractivity contribution < 1.29 is 24.2 Å². The van der Waals surface area contributed by atoms with E-state index in [1.165, 1.54) is 0 Å². The van der Waals surface area contributed by atoms with Gasteiger partial charge in [0.15, 0.2) is 0 Å². The molecule has 2 N–H and O–H groups in total. The Kier molecular flexibility index (Phi) is 4.92. The summed E-state index contributed by atoms with van der Waals surface area (Å²) < 4.78 is 10.2. The molecule has 0 saturated carbocycles. The predicted octanol–water partition coefficient (Wildman–Crippen LogP) is -0.0936. The number of hydrogen-bond acceptors (Lipinski definition) is 4. The molecule has 7 heteroatoms. The molecule has 2 amide bonds. The molecule has 0 radical (unpaired) electrons. The van der Waals surface area contributed by atoms with Crippen LogP contribution in [0.15, 0.2) is 0 Å². The maximum atomic E-state index is 11.7. The topological polar surface area (TPSA) is 88.1 Å².